The maximum absolute atomic E-state index is 10.2. The fraction of sp³-hybridized carbons (Fsp3) is 0.263. The van der Waals surface area contributed by atoms with Crippen molar-refractivity contribution in [3.8, 4) is 5.75 Å². The maximum Gasteiger partial charge on any atom is 0.149 e. The number of rotatable bonds is 4. The fourth-order valence-corrected chi connectivity index (χ4v) is 2.96. The highest BCUT2D eigenvalue weighted by atomic mass is 16.5. The topological polar surface area (TPSA) is 70.5 Å². The molecule has 0 amide bonds. The van der Waals surface area contributed by atoms with Crippen LogP contribution in [0.25, 0.3) is 11.0 Å². The smallest absolute Gasteiger partial charge is 0.149 e. The van der Waals surface area contributed by atoms with Crippen LogP contribution in [0, 0.1) is 0 Å². The molecule has 0 unspecified atom stereocenters. The van der Waals surface area contributed by atoms with Crippen LogP contribution in [0.15, 0.2) is 48.7 Å². The summed E-state index contributed by atoms with van der Waals surface area (Å²) in [5.74, 6) is 0.989. The number of aromatic hydroxyl groups is 1. The van der Waals surface area contributed by atoms with Crippen LogP contribution in [-0.2, 0) is 11.3 Å². The van der Waals surface area contributed by atoms with Gasteiger partial charge in [-0.25, -0.2) is 4.98 Å². The summed E-state index contributed by atoms with van der Waals surface area (Å²) >= 11 is 0. The quantitative estimate of drug-likeness (QED) is 0.714. The Morgan fingerprint density at radius 2 is 1.88 bits per heavy atom. The molecule has 2 N–H and O–H groups in total. The van der Waals surface area contributed by atoms with Crippen LogP contribution in [0.3, 0.4) is 0 Å². The molecule has 1 aliphatic rings. The predicted molar refractivity (Wildman–Crippen MR) is 97.0 cm³/mol. The van der Waals surface area contributed by atoms with Gasteiger partial charge in [0.25, 0.3) is 0 Å². The van der Waals surface area contributed by atoms with Crippen LogP contribution < -0.4 is 5.32 Å². The Labute approximate surface area is 146 Å². The second-order valence-corrected chi connectivity index (χ2v) is 6.10. The first-order chi connectivity index (χ1) is 12.3. The molecular weight excluding hydrogens is 316 g/mol. The molecule has 1 aliphatic heterocycles. The van der Waals surface area contributed by atoms with Crippen molar-refractivity contribution in [1.82, 2.24) is 14.9 Å². The zero-order valence-corrected chi connectivity index (χ0v) is 13.9. The first-order valence-corrected chi connectivity index (χ1v) is 8.39. The van der Waals surface area contributed by atoms with Crippen molar-refractivity contribution in [1.29, 1.82) is 0 Å². The van der Waals surface area contributed by atoms with Gasteiger partial charge in [0.2, 0.25) is 0 Å². The van der Waals surface area contributed by atoms with E-state index in [0.29, 0.717) is 18.1 Å². The van der Waals surface area contributed by atoms with E-state index in [1.54, 1.807) is 12.3 Å². The normalized spacial score (nSPS) is 15.4. The van der Waals surface area contributed by atoms with Gasteiger partial charge >= 0.3 is 0 Å². The first-order valence-electron chi connectivity index (χ1n) is 8.39. The minimum atomic E-state index is 0.307. The van der Waals surface area contributed by atoms with Crippen molar-refractivity contribution in [2.24, 2.45) is 0 Å². The highest BCUT2D eigenvalue weighted by molar-refractivity contribution is 5.76. The van der Waals surface area contributed by atoms with Gasteiger partial charge in [0.15, 0.2) is 0 Å². The number of aromatic nitrogens is 2. The Hall–Kier alpha value is -2.70. The van der Waals surface area contributed by atoms with Crippen molar-refractivity contribution >= 4 is 22.5 Å². The van der Waals surface area contributed by atoms with Gasteiger partial charge in [-0.2, -0.15) is 0 Å². The van der Waals surface area contributed by atoms with Gasteiger partial charge in [-0.3, -0.25) is 9.88 Å². The molecule has 0 bridgehead atoms. The number of phenols is 1. The Morgan fingerprint density at radius 3 is 2.72 bits per heavy atom. The summed E-state index contributed by atoms with van der Waals surface area (Å²) in [4.78, 5) is 11.3. The van der Waals surface area contributed by atoms with E-state index in [1.807, 2.05) is 36.4 Å². The molecule has 2 aromatic carbocycles. The number of morpholine rings is 1. The number of para-hydroxylation sites is 2. The van der Waals surface area contributed by atoms with E-state index in [1.165, 1.54) is 0 Å². The highest BCUT2D eigenvalue weighted by Gasteiger charge is 2.13. The number of hydrogen-bond acceptors (Lipinski definition) is 6. The molecule has 0 radical (unpaired) electrons. The largest absolute Gasteiger partial charge is 0.508 e. The number of nitrogens with zero attached hydrogens (tertiary/aromatic N) is 3. The third-order valence-corrected chi connectivity index (χ3v) is 4.30. The monoisotopic (exact) mass is 336 g/mol. The number of anilines is 2. The average Bonchev–Trinajstić information content (AvgIpc) is 2.65. The van der Waals surface area contributed by atoms with E-state index >= 15 is 0 Å². The number of ether oxygens (including phenoxy) is 1. The van der Waals surface area contributed by atoms with Crippen LogP contribution in [0.1, 0.15) is 5.56 Å². The molecule has 1 aromatic heterocycles. The third kappa shape index (κ3) is 3.70. The van der Waals surface area contributed by atoms with Gasteiger partial charge < -0.3 is 15.2 Å². The van der Waals surface area contributed by atoms with Crippen LogP contribution >= 0.6 is 0 Å². The third-order valence-electron chi connectivity index (χ3n) is 4.30. The summed E-state index contributed by atoms with van der Waals surface area (Å²) in [6.07, 6.45) is 1.72. The van der Waals surface area contributed by atoms with Crippen molar-refractivity contribution in [2.75, 3.05) is 31.6 Å². The van der Waals surface area contributed by atoms with Crippen molar-refractivity contribution < 1.29 is 9.84 Å². The number of fused-ring (bicyclic) bond motifs is 1. The standard InChI is InChI=1S/C19H20N4O2/c24-18-6-5-15(11-14(18)13-23-7-9-25-10-8-23)21-19-12-20-16-3-1-2-4-17(16)22-19/h1-6,11-12,24H,7-10,13H2,(H,21,22). The van der Waals surface area contributed by atoms with E-state index in [0.717, 1.165) is 48.6 Å². The Morgan fingerprint density at radius 1 is 1.08 bits per heavy atom. The molecule has 25 heavy (non-hydrogen) atoms. The van der Waals surface area contributed by atoms with Crippen LogP contribution in [-0.4, -0.2) is 46.3 Å². The summed E-state index contributed by atoms with van der Waals surface area (Å²) in [7, 11) is 0. The SMILES string of the molecule is Oc1ccc(Nc2cnc3ccccc3n2)cc1CN1CCOCC1. The van der Waals surface area contributed by atoms with Gasteiger partial charge in [0, 0.05) is 30.9 Å². The Kier molecular flexibility index (Phi) is 4.45. The minimum Gasteiger partial charge on any atom is -0.508 e. The summed E-state index contributed by atoms with van der Waals surface area (Å²) < 4.78 is 5.37. The van der Waals surface area contributed by atoms with E-state index < -0.39 is 0 Å². The second kappa shape index (κ2) is 7.04. The molecule has 0 atom stereocenters. The molecule has 6 nitrogen and oxygen atoms in total. The van der Waals surface area contributed by atoms with Crippen molar-refractivity contribution in [2.45, 2.75) is 6.54 Å². The second-order valence-electron chi connectivity index (χ2n) is 6.10. The molecule has 0 saturated carbocycles. The first kappa shape index (κ1) is 15.8. The molecule has 2 heterocycles. The van der Waals surface area contributed by atoms with Gasteiger partial charge in [-0.15, -0.1) is 0 Å². The molecule has 1 saturated heterocycles. The summed E-state index contributed by atoms with van der Waals surface area (Å²) in [5, 5.41) is 13.4. The number of nitrogens with one attached hydrogen (secondary N) is 1. The zero-order chi connectivity index (χ0) is 17.1. The summed E-state index contributed by atoms with van der Waals surface area (Å²) in [5.41, 5.74) is 3.48. The Bertz CT molecular complexity index is 878. The van der Waals surface area contributed by atoms with Crippen LogP contribution in [0.4, 0.5) is 11.5 Å². The lowest BCUT2D eigenvalue weighted by atomic mass is 10.1. The van der Waals surface area contributed by atoms with Crippen molar-refractivity contribution in [3.63, 3.8) is 0 Å². The lowest BCUT2D eigenvalue weighted by Gasteiger charge is -2.27. The van der Waals surface area contributed by atoms with Crippen LogP contribution in [0.5, 0.6) is 5.75 Å². The van der Waals surface area contributed by atoms with E-state index in [2.05, 4.69) is 20.2 Å². The molecule has 0 aliphatic carbocycles. The number of benzene rings is 2. The van der Waals surface area contributed by atoms with Gasteiger partial charge in [0.05, 0.1) is 30.4 Å². The van der Waals surface area contributed by atoms with Crippen LogP contribution in [0.2, 0.25) is 0 Å². The summed E-state index contributed by atoms with van der Waals surface area (Å²) in [6.45, 7) is 3.95. The van der Waals surface area contributed by atoms with Gasteiger partial charge in [-0.1, -0.05) is 12.1 Å². The molecule has 6 heteroatoms. The Balaban J connectivity index is 1.54. The number of hydrogen-bond donors (Lipinski definition) is 2. The van der Waals surface area contributed by atoms with E-state index in [-0.39, 0.29) is 0 Å². The highest BCUT2D eigenvalue weighted by Crippen LogP contribution is 2.25. The predicted octanol–water partition coefficient (Wildman–Crippen LogP) is 2.91. The maximum atomic E-state index is 10.2. The lowest BCUT2D eigenvalue weighted by Crippen LogP contribution is -2.35. The van der Waals surface area contributed by atoms with Gasteiger partial charge in [-0.05, 0) is 30.3 Å². The van der Waals surface area contributed by atoms with Crippen molar-refractivity contribution in [3.05, 3.63) is 54.2 Å². The molecule has 0 spiro atoms. The van der Waals surface area contributed by atoms with E-state index in [4.69, 9.17) is 4.74 Å². The number of phenolic OH excluding ortho intramolecular Hbond substituents is 1. The molecule has 1 fully saturated rings. The molecule has 4 rings (SSSR count). The summed E-state index contributed by atoms with van der Waals surface area (Å²) in [6, 6.07) is 13.3. The average molecular weight is 336 g/mol. The van der Waals surface area contributed by atoms with Gasteiger partial charge in [0.1, 0.15) is 11.6 Å². The molecule has 3 aromatic rings. The lowest BCUT2D eigenvalue weighted by molar-refractivity contribution is 0.0339. The van der Waals surface area contributed by atoms with E-state index in [9.17, 15) is 5.11 Å². The fourth-order valence-electron chi connectivity index (χ4n) is 2.96. The molecular formula is C19H20N4O2. The zero-order valence-electron chi connectivity index (χ0n) is 13.9. The minimum absolute atomic E-state index is 0.307. The molecule has 128 valence electrons.